The fourth-order valence-electron chi connectivity index (χ4n) is 2.13. The van der Waals surface area contributed by atoms with Crippen molar-refractivity contribution in [1.29, 1.82) is 0 Å². The molecule has 0 amide bonds. The maximum absolute atomic E-state index is 4.23. The Labute approximate surface area is 89.3 Å². The molecule has 0 saturated carbocycles. The third-order valence-corrected chi connectivity index (χ3v) is 4.11. The standard InChI is InChI=1S/C10H17N3S/c1-11-10(8-4-6-14-7-8)9-3-5-12-13(9)2/h3,5,8,10-11H,4,6-7H2,1-2H3. The summed E-state index contributed by atoms with van der Waals surface area (Å²) in [5.74, 6) is 3.34. The van der Waals surface area contributed by atoms with Crippen molar-refractivity contribution in [3.05, 3.63) is 18.0 Å². The molecule has 2 unspecified atom stereocenters. The van der Waals surface area contributed by atoms with Crippen LogP contribution < -0.4 is 5.32 Å². The maximum atomic E-state index is 4.23. The summed E-state index contributed by atoms with van der Waals surface area (Å²) in [6.45, 7) is 0. The molecule has 78 valence electrons. The zero-order chi connectivity index (χ0) is 9.97. The molecule has 1 aliphatic heterocycles. The smallest absolute Gasteiger partial charge is 0.0553 e. The molecule has 2 atom stereocenters. The van der Waals surface area contributed by atoms with Crippen LogP contribution in [0, 0.1) is 5.92 Å². The first-order valence-corrected chi connectivity index (χ1v) is 6.21. The number of nitrogens with zero attached hydrogens (tertiary/aromatic N) is 2. The number of hydrogen-bond donors (Lipinski definition) is 1. The predicted molar refractivity (Wildman–Crippen MR) is 60.4 cm³/mol. The van der Waals surface area contributed by atoms with E-state index in [1.54, 1.807) is 0 Å². The molecule has 14 heavy (non-hydrogen) atoms. The number of nitrogens with one attached hydrogen (secondary N) is 1. The third kappa shape index (κ3) is 1.81. The van der Waals surface area contributed by atoms with Crippen LogP contribution in [0.1, 0.15) is 18.2 Å². The summed E-state index contributed by atoms with van der Waals surface area (Å²) in [7, 11) is 4.06. The molecule has 1 aliphatic rings. The fraction of sp³-hybridized carbons (Fsp3) is 0.700. The van der Waals surface area contributed by atoms with Crippen molar-refractivity contribution >= 4 is 11.8 Å². The summed E-state index contributed by atoms with van der Waals surface area (Å²) >= 11 is 2.06. The first-order chi connectivity index (χ1) is 6.83. The lowest BCUT2D eigenvalue weighted by Gasteiger charge is -2.22. The van der Waals surface area contributed by atoms with Crippen molar-refractivity contribution in [2.45, 2.75) is 12.5 Å². The molecule has 1 fully saturated rings. The summed E-state index contributed by atoms with van der Waals surface area (Å²) in [4.78, 5) is 0. The van der Waals surface area contributed by atoms with E-state index in [2.05, 4.69) is 28.2 Å². The quantitative estimate of drug-likeness (QED) is 0.820. The predicted octanol–water partition coefficient (Wildman–Crippen LogP) is 1.43. The molecule has 3 nitrogen and oxygen atoms in total. The van der Waals surface area contributed by atoms with Crippen molar-refractivity contribution in [3.8, 4) is 0 Å². The van der Waals surface area contributed by atoms with Crippen LogP contribution in [0.15, 0.2) is 12.3 Å². The number of rotatable bonds is 3. The van der Waals surface area contributed by atoms with Gasteiger partial charge in [0.05, 0.1) is 11.7 Å². The van der Waals surface area contributed by atoms with Crippen LogP contribution in [-0.2, 0) is 7.05 Å². The summed E-state index contributed by atoms with van der Waals surface area (Å²) in [5.41, 5.74) is 1.31. The van der Waals surface area contributed by atoms with Gasteiger partial charge in [0.1, 0.15) is 0 Å². The molecule has 1 N–H and O–H groups in total. The summed E-state index contributed by atoms with van der Waals surface area (Å²) < 4.78 is 1.98. The van der Waals surface area contributed by atoms with Crippen LogP contribution in [0.5, 0.6) is 0 Å². The highest BCUT2D eigenvalue weighted by Crippen LogP contribution is 2.33. The molecule has 1 aromatic rings. The second kappa shape index (κ2) is 4.36. The SMILES string of the molecule is CNC(c1ccnn1C)C1CCSC1. The van der Waals surface area contributed by atoms with E-state index in [9.17, 15) is 0 Å². The fourth-order valence-corrected chi connectivity index (χ4v) is 3.43. The largest absolute Gasteiger partial charge is 0.311 e. The van der Waals surface area contributed by atoms with Gasteiger partial charge in [0, 0.05) is 13.2 Å². The highest BCUT2D eigenvalue weighted by molar-refractivity contribution is 7.99. The molecule has 0 spiro atoms. The van der Waals surface area contributed by atoms with Crippen LogP contribution in [0.3, 0.4) is 0 Å². The molecule has 2 heterocycles. The minimum absolute atomic E-state index is 0.470. The number of aryl methyl sites for hydroxylation is 1. The van der Waals surface area contributed by atoms with E-state index in [1.807, 2.05) is 25.0 Å². The molecule has 4 heteroatoms. The molecule has 0 radical (unpaired) electrons. The van der Waals surface area contributed by atoms with Crippen molar-refractivity contribution in [3.63, 3.8) is 0 Å². The van der Waals surface area contributed by atoms with Gasteiger partial charge in [0.2, 0.25) is 0 Å². The Morgan fingerprint density at radius 2 is 2.57 bits per heavy atom. The monoisotopic (exact) mass is 211 g/mol. The lowest BCUT2D eigenvalue weighted by molar-refractivity contribution is 0.397. The minimum atomic E-state index is 0.470. The van der Waals surface area contributed by atoms with Gasteiger partial charge in [-0.1, -0.05) is 0 Å². The topological polar surface area (TPSA) is 29.9 Å². The van der Waals surface area contributed by atoms with Gasteiger partial charge in [-0.25, -0.2) is 0 Å². The first-order valence-electron chi connectivity index (χ1n) is 5.06. The van der Waals surface area contributed by atoms with E-state index in [1.165, 1.54) is 23.6 Å². The van der Waals surface area contributed by atoms with Crippen molar-refractivity contribution in [2.75, 3.05) is 18.6 Å². The van der Waals surface area contributed by atoms with Gasteiger partial charge in [-0.05, 0) is 37.0 Å². The van der Waals surface area contributed by atoms with Gasteiger partial charge in [-0.3, -0.25) is 4.68 Å². The average molecular weight is 211 g/mol. The molecule has 0 aromatic carbocycles. The van der Waals surface area contributed by atoms with Crippen LogP contribution in [0.25, 0.3) is 0 Å². The first kappa shape index (κ1) is 10.1. The van der Waals surface area contributed by atoms with Gasteiger partial charge in [0.15, 0.2) is 0 Å². The summed E-state index contributed by atoms with van der Waals surface area (Å²) in [6, 6.07) is 2.59. The van der Waals surface area contributed by atoms with Crippen LogP contribution >= 0.6 is 11.8 Å². The van der Waals surface area contributed by atoms with Gasteiger partial charge in [0.25, 0.3) is 0 Å². The van der Waals surface area contributed by atoms with Gasteiger partial charge in [-0.2, -0.15) is 16.9 Å². The van der Waals surface area contributed by atoms with Crippen LogP contribution in [0.4, 0.5) is 0 Å². The van der Waals surface area contributed by atoms with E-state index in [0.29, 0.717) is 6.04 Å². The van der Waals surface area contributed by atoms with Crippen LogP contribution in [0.2, 0.25) is 0 Å². The molecular weight excluding hydrogens is 194 g/mol. The number of hydrogen-bond acceptors (Lipinski definition) is 3. The van der Waals surface area contributed by atoms with E-state index < -0.39 is 0 Å². The average Bonchev–Trinajstić information content (AvgIpc) is 2.80. The zero-order valence-corrected chi connectivity index (χ0v) is 9.55. The van der Waals surface area contributed by atoms with E-state index in [4.69, 9.17) is 0 Å². The number of aromatic nitrogens is 2. The van der Waals surface area contributed by atoms with E-state index in [-0.39, 0.29) is 0 Å². The second-order valence-corrected chi connectivity index (χ2v) is 4.92. The maximum Gasteiger partial charge on any atom is 0.0553 e. The Hall–Kier alpha value is -0.480. The Morgan fingerprint density at radius 1 is 1.71 bits per heavy atom. The van der Waals surface area contributed by atoms with Gasteiger partial charge >= 0.3 is 0 Å². The molecule has 2 rings (SSSR count). The molecule has 0 aliphatic carbocycles. The molecular formula is C10H17N3S. The molecule has 1 saturated heterocycles. The zero-order valence-electron chi connectivity index (χ0n) is 8.73. The molecule has 0 bridgehead atoms. The highest BCUT2D eigenvalue weighted by Gasteiger charge is 2.27. The van der Waals surface area contributed by atoms with E-state index in [0.717, 1.165) is 5.92 Å². The second-order valence-electron chi connectivity index (χ2n) is 3.77. The number of thioether (sulfide) groups is 1. The third-order valence-electron chi connectivity index (χ3n) is 2.92. The Morgan fingerprint density at radius 3 is 3.07 bits per heavy atom. The van der Waals surface area contributed by atoms with Crippen LogP contribution in [-0.4, -0.2) is 28.3 Å². The Balaban J connectivity index is 2.16. The Bertz CT molecular complexity index is 291. The summed E-state index contributed by atoms with van der Waals surface area (Å²) in [5, 5.41) is 7.64. The lowest BCUT2D eigenvalue weighted by atomic mass is 9.96. The summed E-state index contributed by atoms with van der Waals surface area (Å²) in [6.07, 6.45) is 3.20. The van der Waals surface area contributed by atoms with Crippen molar-refractivity contribution < 1.29 is 0 Å². The van der Waals surface area contributed by atoms with Crippen molar-refractivity contribution in [2.24, 2.45) is 13.0 Å². The van der Waals surface area contributed by atoms with Gasteiger partial charge in [-0.15, -0.1) is 0 Å². The molecule has 1 aromatic heterocycles. The minimum Gasteiger partial charge on any atom is -0.311 e. The van der Waals surface area contributed by atoms with E-state index >= 15 is 0 Å². The lowest BCUT2D eigenvalue weighted by Crippen LogP contribution is -2.27. The normalized spacial score (nSPS) is 24.0. The van der Waals surface area contributed by atoms with Gasteiger partial charge < -0.3 is 5.32 Å². The van der Waals surface area contributed by atoms with Crippen molar-refractivity contribution in [1.82, 2.24) is 15.1 Å². The highest BCUT2D eigenvalue weighted by atomic mass is 32.2. The Kier molecular flexibility index (Phi) is 3.13.